The number of nitrogens with two attached hydrogens (primary N) is 1. The molecule has 36 heavy (non-hydrogen) atoms. The van der Waals surface area contributed by atoms with Gasteiger partial charge in [-0.2, -0.15) is 0 Å². The van der Waals surface area contributed by atoms with Crippen molar-refractivity contribution in [2.75, 3.05) is 16.4 Å². The van der Waals surface area contributed by atoms with Gasteiger partial charge in [-0.15, -0.1) is 0 Å². The van der Waals surface area contributed by atoms with Crippen molar-refractivity contribution in [3.05, 3.63) is 90.7 Å². The van der Waals surface area contributed by atoms with Crippen molar-refractivity contribution in [2.45, 2.75) is 0 Å². The summed E-state index contributed by atoms with van der Waals surface area (Å²) in [5.74, 6) is 1.17. The molecule has 0 saturated carbocycles. The second-order valence-electron chi connectivity index (χ2n) is 8.31. The molecular weight excluding hydrogens is 473 g/mol. The van der Waals surface area contributed by atoms with Crippen LogP contribution >= 0.6 is 12.2 Å². The average Bonchev–Trinajstić information content (AvgIpc) is 3.49. The van der Waals surface area contributed by atoms with Gasteiger partial charge in [-0.05, 0) is 72.9 Å². The Labute approximate surface area is 210 Å². The lowest BCUT2D eigenvalue weighted by atomic mass is 10.1. The SMILES string of the molecule is Nc1ccc2nc(-c3ccccc3-c3nc4ccc(NC(=S)Nc5ccc(F)cc5)cc4[nH]3)[nH]c2c1. The fourth-order valence-electron chi connectivity index (χ4n) is 4.09. The lowest BCUT2D eigenvalue weighted by Crippen LogP contribution is -2.18. The first-order valence-corrected chi connectivity index (χ1v) is 11.6. The van der Waals surface area contributed by atoms with Gasteiger partial charge in [-0.1, -0.05) is 24.3 Å². The second-order valence-corrected chi connectivity index (χ2v) is 8.72. The number of benzene rings is 4. The molecule has 7 nitrogen and oxygen atoms in total. The average molecular weight is 494 g/mol. The van der Waals surface area contributed by atoms with Gasteiger partial charge in [0.2, 0.25) is 0 Å². The molecule has 0 aliphatic rings. The Bertz CT molecular complexity index is 1740. The molecule has 0 saturated heterocycles. The third-order valence-corrected chi connectivity index (χ3v) is 5.99. The third kappa shape index (κ3) is 4.23. The van der Waals surface area contributed by atoms with Crippen molar-refractivity contribution < 1.29 is 4.39 Å². The number of nitrogens with one attached hydrogen (secondary N) is 4. The number of nitrogens with zero attached hydrogens (tertiary/aromatic N) is 2. The topological polar surface area (TPSA) is 107 Å². The van der Waals surface area contributed by atoms with Crippen LogP contribution in [0.2, 0.25) is 0 Å². The van der Waals surface area contributed by atoms with Crippen molar-refractivity contribution >= 4 is 56.5 Å². The van der Waals surface area contributed by atoms with Gasteiger partial charge in [0.05, 0.1) is 22.1 Å². The number of nitrogen functional groups attached to an aromatic ring is 1. The molecule has 6 N–H and O–H groups in total. The Kier molecular flexibility index (Phi) is 5.31. The number of imidazole rings is 2. The maximum atomic E-state index is 13.1. The van der Waals surface area contributed by atoms with Crippen LogP contribution in [-0.4, -0.2) is 25.0 Å². The lowest BCUT2D eigenvalue weighted by Gasteiger charge is -2.10. The van der Waals surface area contributed by atoms with E-state index in [1.807, 2.05) is 60.7 Å². The number of anilines is 3. The maximum absolute atomic E-state index is 13.1. The molecule has 9 heteroatoms. The van der Waals surface area contributed by atoms with Crippen molar-refractivity contribution in [1.29, 1.82) is 0 Å². The van der Waals surface area contributed by atoms with Crippen LogP contribution < -0.4 is 16.4 Å². The number of aromatic nitrogens is 4. The van der Waals surface area contributed by atoms with E-state index in [1.165, 1.54) is 12.1 Å². The van der Waals surface area contributed by atoms with Crippen LogP contribution in [0.25, 0.3) is 44.8 Å². The van der Waals surface area contributed by atoms with Gasteiger partial charge in [0, 0.05) is 28.2 Å². The highest BCUT2D eigenvalue weighted by Gasteiger charge is 2.14. The first-order chi connectivity index (χ1) is 17.5. The van der Waals surface area contributed by atoms with Crippen LogP contribution in [0.15, 0.2) is 84.9 Å². The first kappa shape index (κ1) is 21.8. The lowest BCUT2D eigenvalue weighted by molar-refractivity contribution is 0.628. The number of rotatable bonds is 4. The summed E-state index contributed by atoms with van der Waals surface area (Å²) in [5, 5.41) is 6.60. The molecule has 2 heterocycles. The minimum atomic E-state index is -0.300. The van der Waals surface area contributed by atoms with Crippen molar-refractivity contribution in [3.8, 4) is 22.8 Å². The van der Waals surface area contributed by atoms with E-state index in [9.17, 15) is 4.39 Å². The van der Waals surface area contributed by atoms with E-state index in [1.54, 1.807) is 12.1 Å². The van der Waals surface area contributed by atoms with Gasteiger partial charge in [0.1, 0.15) is 17.5 Å². The fourth-order valence-corrected chi connectivity index (χ4v) is 4.33. The number of fused-ring (bicyclic) bond motifs is 2. The number of hydrogen-bond acceptors (Lipinski definition) is 4. The normalized spacial score (nSPS) is 11.1. The molecule has 6 aromatic rings. The number of halogens is 1. The number of thiocarbonyl (C=S) groups is 1. The molecule has 0 spiro atoms. The smallest absolute Gasteiger partial charge is 0.175 e. The monoisotopic (exact) mass is 493 g/mol. The molecule has 4 aromatic carbocycles. The number of aromatic amines is 2. The zero-order chi connectivity index (χ0) is 24.6. The summed E-state index contributed by atoms with van der Waals surface area (Å²) in [5.41, 5.74) is 13.3. The molecule has 0 bridgehead atoms. The van der Waals surface area contributed by atoms with Crippen LogP contribution in [0, 0.1) is 5.82 Å². The molecule has 0 unspecified atom stereocenters. The van der Waals surface area contributed by atoms with Gasteiger partial charge in [-0.25, -0.2) is 14.4 Å². The van der Waals surface area contributed by atoms with Gasteiger partial charge in [-0.3, -0.25) is 0 Å². The van der Waals surface area contributed by atoms with E-state index >= 15 is 0 Å². The summed E-state index contributed by atoms with van der Waals surface area (Å²) >= 11 is 5.40. The molecular formula is C27H20FN7S. The highest BCUT2D eigenvalue weighted by Crippen LogP contribution is 2.32. The molecule has 0 radical (unpaired) electrons. The Balaban J connectivity index is 1.29. The van der Waals surface area contributed by atoms with Crippen molar-refractivity contribution in [3.63, 3.8) is 0 Å². The van der Waals surface area contributed by atoms with Gasteiger partial charge < -0.3 is 26.3 Å². The molecule has 0 amide bonds. The highest BCUT2D eigenvalue weighted by atomic mass is 32.1. The van der Waals surface area contributed by atoms with E-state index in [0.717, 1.165) is 50.5 Å². The largest absolute Gasteiger partial charge is 0.399 e. The Hall–Kier alpha value is -4.76. The predicted octanol–water partition coefficient (Wildman–Crippen LogP) is 6.30. The minimum Gasteiger partial charge on any atom is -0.399 e. The molecule has 0 atom stereocenters. The van der Waals surface area contributed by atoms with E-state index in [4.69, 9.17) is 27.9 Å². The van der Waals surface area contributed by atoms with E-state index < -0.39 is 0 Å². The Morgan fingerprint density at radius 1 is 0.722 bits per heavy atom. The van der Waals surface area contributed by atoms with Gasteiger partial charge >= 0.3 is 0 Å². The van der Waals surface area contributed by atoms with Crippen LogP contribution in [0.3, 0.4) is 0 Å². The van der Waals surface area contributed by atoms with E-state index in [-0.39, 0.29) is 5.82 Å². The zero-order valence-corrected chi connectivity index (χ0v) is 19.7. The summed E-state index contributed by atoms with van der Waals surface area (Å²) in [6.45, 7) is 0. The molecule has 0 aliphatic carbocycles. The summed E-state index contributed by atoms with van der Waals surface area (Å²) in [7, 11) is 0. The molecule has 2 aromatic heterocycles. The fraction of sp³-hybridized carbons (Fsp3) is 0. The molecule has 0 aliphatic heterocycles. The second kappa shape index (κ2) is 8.79. The Morgan fingerprint density at radius 3 is 1.94 bits per heavy atom. The predicted molar refractivity (Wildman–Crippen MR) is 147 cm³/mol. The maximum Gasteiger partial charge on any atom is 0.175 e. The molecule has 0 fully saturated rings. The third-order valence-electron chi connectivity index (χ3n) is 5.79. The van der Waals surface area contributed by atoms with E-state index in [0.29, 0.717) is 16.5 Å². The standard InChI is InChI=1S/C27H20FN7S/c28-15-5-8-17(9-6-15)30-27(36)31-18-10-12-22-24(14-18)35-26(33-22)20-4-2-1-3-19(20)25-32-21-11-7-16(29)13-23(21)34-25/h1-14H,29H2,(H,32,34)(H,33,35)(H2,30,31,36). The molecule has 6 rings (SSSR count). The Morgan fingerprint density at radius 2 is 1.28 bits per heavy atom. The van der Waals surface area contributed by atoms with Crippen LogP contribution in [0.1, 0.15) is 0 Å². The van der Waals surface area contributed by atoms with E-state index in [2.05, 4.69) is 20.6 Å². The van der Waals surface area contributed by atoms with Crippen molar-refractivity contribution in [1.82, 2.24) is 19.9 Å². The number of H-pyrrole nitrogens is 2. The van der Waals surface area contributed by atoms with Gasteiger partial charge in [0.25, 0.3) is 0 Å². The number of hydrogen-bond donors (Lipinski definition) is 5. The summed E-state index contributed by atoms with van der Waals surface area (Å²) < 4.78 is 13.1. The summed E-state index contributed by atoms with van der Waals surface area (Å²) in [6, 6.07) is 25.4. The van der Waals surface area contributed by atoms with Gasteiger partial charge in [0.15, 0.2) is 5.11 Å². The molecule has 176 valence electrons. The van der Waals surface area contributed by atoms with Crippen LogP contribution in [0.5, 0.6) is 0 Å². The quantitative estimate of drug-likeness (QED) is 0.146. The van der Waals surface area contributed by atoms with Crippen LogP contribution in [0.4, 0.5) is 21.5 Å². The van der Waals surface area contributed by atoms with Crippen molar-refractivity contribution in [2.24, 2.45) is 0 Å². The summed E-state index contributed by atoms with van der Waals surface area (Å²) in [4.78, 5) is 16.3. The summed E-state index contributed by atoms with van der Waals surface area (Å²) in [6.07, 6.45) is 0. The van der Waals surface area contributed by atoms with Crippen LogP contribution in [-0.2, 0) is 0 Å². The first-order valence-electron chi connectivity index (χ1n) is 11.2. The zero-order valence-electron chi connectivity index (χ0n) is 18.8. The highest BCUT2D eigenvalue weighted by molar-refractivity contribution is 7.80. The minimum absolute atomic E-state index is 0.300.